The molecule has 0 bridgehead atoms. The smallest absolute Gasteiger partial charge is 0.394 e. The van der Waals surface area contributed by atoms with E-state index in [9.17, 15) is 8.42 Å². The van der Waals surface area contributed by atoms with E-state index >= 15 is 0 Å². The molecule has 9 nitrogen and oxygen atoms in total. The lowest BCUT2D eigenvalue weighted by atomic mass is 10.6. The van der Waals surface area contributed by atoms with E-state index in [1.807, 2.05) is 0 Å². The summed E-state index contributed by atoms with van der Waals surface area (Å²) in [7, 11) is -4.47. The number of nitrogens with zero attached hydrogens (tertiary/aromatic N) is 1. The van der Waals surface area contributed by atoms with E-state index in [1.54, 1.807) is 0 Å². The zero-order chi connectivity index (χ0) is 12.1. The first-order valence-corrected chi connectivity index (χ1v) is 4.97. The van der Waals surface area contributed by atoms with Gasteiger partial charge < -0.3 is 16.6 Å². The van der Waals surface area contributed by atoms with Crippen molar-refractivity contribution in [3.05, 3.63) is 6.20 Å². The van der Waals surface area contributed by atoms with Crippen LogP contribution in [0.1, 0.15) is 6.92 Å². The Morgan fingerprint density at radius 2 is 2.13 bits per heavy atom. The van der Waals surface area contributed by atoms with Gasteiger partial charge in [0.1, 0.15) is 5.82 Å². The Balaban J connectivity index is 0.000000262. The maximum atomic E-state index is 9.62. The summed E-state index contributed by atoms with van der Waals surface area (Å²) in [5, 5.41) is 14.1. The van der Waals surface area contributed by atoms with Crippen LogP contribution in [0.4, 0.5) is 11.5 Å². The summed E-state index contributed by atoms with van der Waals surface area (Å²) in [5.41, 5.74) is 10.9. The van der Waals surface area contributed by atoms with Crippen molar-refractivity contribution >= 4 is 21.9 Å². The second-order valence-corrected chi connectivity index (χ2v) is 3.41. The first-order valence-electron chi connectivity index (χ1n) is 3.60. The lowest BCUT2D eigenvalue weighted by Crippen LogP contribution is -2.12. The molecule has 0 aromatic carbocycles. The van der Waals surface area contributed by atoms with Gasteiger partial charge in [0.2, 0.25) is 0 Å². The molecule has 0 aliphatic heterocycles. The highest BCUT2D eigenvalue weighted by Gasteiger charge is 2.07. The number of aromatic nitrogens is 2. The number of aliphatic hydroxyl groups is 1. The van der Waals surface area contributed by atoms with Crippen LogP contribution < -0.4 is 11.5 Å². The Bertz CT molecular complexity index is 369. The van der Waals surface area contributed by atoms with Gasteiger partial charge in [-0.05, 0) is 6.92 Å². The molecule has 0 aliphatic rings. The average Bonchev–Trinajstić information content (AvgIpc) is 2.31. The number of aromatic amines is 1. The molecule has 0 spiro atoms. The summed E-state index contributed by atoms with van der Waals surface area (Å²) in [6.07, 6.45) is -0.0278. The predicted octanol–water partition coefficient (Wildman–Crippen LogP) is -1.28. The van der Waals surface area contributed by atoms with Crippen LogP contribution in [0, 0.1) is 0 Å². The molecule has 7 N–H and O–H groups in total. The molecule has 1 unspecified atom stereocenters. The Hall–Kier alpha value is -1.36. The highest BCUT2D eigenvalue weighted by Crippen LogP contribution is 2.04. The Morgan fingerprint density at radius 3 is 2.20 bits per heavy atom. The molecule has 0 saturated carbocycles. The maximum absolute atomic E-state index is 9.62. The molecular weight excluding hydrogens is 228 g/mol. The quantitative estimate of drug-likeness (QED) is 0.315. The fourth-order valence-corrected chi connectivity index (χ4v) is 0.833. The third kappa shape index (κ3) is 7.69. The molecule has 0 saturated heterocycles. The fraction of sp³-hybridized carbons (Fsp3) is 0.400. The molecule has 0 aliphatic carbocycles. The SMILES string of the molecule is CC(O)OS(=O)(=O)O.Nc1cn[nH]c1N. The molecule has 0 amide bonds. The van der Waals surface area contributed by atoms with Crippen molar-refractivity contribution in [2.75, 3.05) is 11.5 Å². The maximum Gasteiger partial charge on any atom is 0.399 e. The van der Waals surface area contributed by atoms with Crippen molar-refractivity contribution in [2.24, 2.45) is 0 Å². The van der Waals surface area contributed by atoms with Gasteiger partial charge in [-0.1, -0.05) is 0 Å². The van der Waals surface area contributed by atoms with Gasteiger partial charge in [-0.3, -0.25) is 9.65 Å². The minimum absolute atomic E-state index is 0.431. The molecule has 1 atom stereocenters. The van der Waals surface area contributed by atoms with E-state index in [0.29, 0.717) is 11.5 Å². The summed E-state index contributed by atoms with van der Waals surface area (Å²) in [4.78, 5) is 0. The van der Waals surface area contributed by atoms with Crippen molar-refractivity contribution in [1.82, 2.24) is 10.2 Å². The minimum Gasteiger partial charge on any atom is -0.394 e. The van der Waals surface area contributed by atoms with E-state index in [4.69, 9.17) is 21.1 Å². The van der Waals surface area contributed by atoms with E-state index in [0.717, 1.165) is 6.92 Å². The van der Waals surface area contributed by atoms with Crippen LogP contribution >= 0.6 is 0 Å². The molecule has 0 radical (unpaired) electrons. The number of anilines is 2. The van der Waals surface area contributed by atoms with Crippen molar-refractivity contribution in [1.29, 1.82) is 0 Å². The van der Waals surface area contributed by atoms with Crippen LogP contribution in [0.3, 0.4) is 0 Å². The molecule has 0 fully saturated rings. The fourth-order valence-electron chi connectivity index (χ4n) is 0.481. The van der Waals surface area contributed by atoms with E-state index in [-0.39, 0.29) is 0 Å². The van der Waals surface area contributed by atoms with Gasteiger partial charge in [0.05, 0.1) is 11.9 Å². The summed E-state index contributed by atoms with van der Waals surface area (Å²) in [5.74, 6) is 0.431. The van der Waals surface area contributed by atoms with Gasteiger partial charge in [-0.25, -0.2) is 4.18 Å². The van der Waals surface area contributed by atoms with Crippen LogP contribution in [-0.2, 0) is 14.6 Å². The molecule has 88 valence electrons. The second kappa shape index (κ2) is 5.50. The minimum atomic E-state index is -4.47. The normalized spacial score (nSPS) is 12.7. The zero-order valence-corrected chi connectivity index (χ0v) is 8.60. The second-order valence-electron chi connectivity index (χ2n) is 2.36. The van der Waals surface area contributed by atoms with Crippen LogP contribution in [0.2, 0.25) is 0 Å². The zero-order valence-electron chi connectivity index (χ0n) is 7.78. The highest BCUT2D eigenvalue weighted by molar-refractivity contribution is 7.80. The third-order valence-electron chi connectivity index (χ3n) is 0.960. The summed E-state index contributed by atoms with van der Waals surface area (Å²) < 4.78 is 30.5. The average molecular weight is 240 g/mol. The highest BCUT2D eigenvalue weighted by atomic mass is 32.3. The predicted molar refractivity (Wildman–Crippen MR) is 51.7 cm³/mol. The summed E-state index contributed by atoms with van der Waals surface area (Å²) in [6.45, 7) is 1.06. The van der Waals surface area contributed by atoms with Crippen LogP contribution in [0.5, 0.6) is 0 Å². The molecule has 1 rings (SSSR count). The molecule has 10 heteroatoms. The Kier molecular flexibility index (Phi) is 5.00. The monoisotopic (exact) mass is 240 g/mol. The molecule has 1 heterocycles. The van der Waals surface area contributed by atoms with Crippen LogP contribution in [-0.4, -0.2) is 34.6 Å². The van der Waals surface area contributed by atoms with Gasteiger partial charge in [0.25, 0.3) is 0 Å². The molecule has 1 aromatic heterocycles. The van der Waals surface area contributed by atoms with Crippen LogP contribution in [0.25, 0.3) is 0 Å². The summed E-state index contributed by atoms with van der Waals surface area (Å²) >= 11 is 0. The first kappa shape index (κ1) is 13.6. The third-order valence-corrected chi connectivity index (χ3v) is 1.48. The van der Waals surface area contributed by atoms with Gasteiger partial charge in [0, 0.05) is 0 Å². The lowest BCUT2D eigenvalue weighted by Gasteiger charge is -1.98. The van der Waals surface area contributed by atoms with Crippen molar-refractivity contribution in [3.63, 3.8) is 0 Å². The number of nitrogens with one attached hydrogen (secondary N) is 1. The number of hydrogen-bond donors (Lipinski definition) is 5. The molecule has 15 heavy (non-hydrogen) atoms. The van der Waals surface area contributed by atoms with E-state index < -0.39 is 16.7 Å². The van der Waals surface area contributed by atoms with Gasteiger partial charge in [-0.15, -0.1) is 0 Å². The van der Waals surface area contributed by atoms with Crippen molar-refractivity contribution in [3.8, 4) is 0 Å². The van der Waals surface area contributed by atoms with Gasteiger partial charge in [0.15, 0.2) is 6.29 Å². The Morgan fingerprint density at radius 1 is 1.60 bits per heavy atom. The van der Waals surface area contributed by atoms with Crippen molar-refractivity contribution < 1.29 is 22.3 Å². The first-order chi connectivity index (χ1) is 6.72. The van der Waals surface area contributed by atoms with Crippen molar-refractivity contribution in [2.45, 2.75) is 13.2 Å². The van der Waals surface area contributed by atoms with Gasteiger partial charge in [-0.2, -0.15) is 13.5 Å². The standard InChI is InChI=1S/C3H6N4.C2H6O5S/c4-2-1-6-7-3(2)5;1-2(3)7-8(4,5)6/h1H,4H2,(H3,5,6,7);2-3H,1H3,(H,4,5,6). The molecular formula is C5H12N4O5S. The number of hydrogen-bond acceptors (Lipinski definition) is 7. The van der Waals surface area contributed by atoms with Crippen LogP contribution in [0.15, 0.2) is 6.20 Å². The largest absolute Gasteiger partial charge is 0.399 e. The number of rotatable bonds is 2. The summed E-state index contributed by atoms with van der Waals surface area (Å²) in [6, 6.07) is 0. The van der Waals surface area contributed by atoms with Gasteiger partial charge >= 0.3 is 10.4 Å². The lowest BCUT2D eigenvalue weighted by molar-refractivity contribution is -0.00301. The van der Waals surface area contributed by atoms with E-state index in [2.05, 4.69) is 14.4 Å². The molecule has 1 aromatic rings. The number of nitrogens with two attached hydrogens (primary N) is 2. The Labute approximate surface area is 86.0 Å². The number of aliphatic hydroxyl groups excluding tert-OH is 1. The number of H-pyrrole nitrogens is 1. The topological polar surface area (TPSA) is 165 Å². The number of nitrogen functional groups attached to an aromatic ring is 2. The van der Waals surface area contributed by atoms with E-state index in [1.165, 1.54) is 6.20 Å².